The van der Waals surface area contributed by atoms with Gasteiger partial charge in [-0.3, -0.25) is 0 Å². The van der Waals surface area contributed by atoms with Gasteiger partial charge in [0.05, 0.1) is 0 Å². The molecular weight excluding hydrogens is 175 g/mol. The monoisotopic (exact) mass is 185 g/mol. The highest BCUT2D eigenvalue weighted by molar-refractivity contribution is 5.73. The van der Waals surface area contributed by atoms with Gasteiger partial charge in [0.1, 0.15) is 0 Å². The second-order valence-electron chi connectivity index (χ2n) is 1.67. The molecule has 0 amide bonds. The number of carbonyl (C=O) groups is 1. The first kappa shape index (κ1) is 13.5. The van der Waals surface area contributed by atoms with Gasteiger partial charge in [0.25, 0.3) is 0 Å². The second kappa shape index (κ2) is 6.66. The van der Waals surface area contributed by atoms with Crippen LogP contribution in [0.2, 0.25) is 0 Å². The Hall–Kier alpha value is -1.04. The Morgan fingerprint density at radius 1 is 1.58 bits per heavy atom. The molecule has 0 aliphatic heterocycles. The van der Waals surface area contributed by atoms with Crippen molar-refractivity contribution in [2.24, 2.45) is 5.73 Å². The zero-order valence-electron chi connectivity index (χ0n) is 6.27. The topological polar surface area (TPSA) is 63.3 Å². The zero-order valence-corrected chi connectivity index (χ0v) is 6.27. The molecule has 72 valence electrons. The molecule has 0 heterocycles. The molecule has 0 aliphatic carbocycles. The van der Waals surface area contributed by atoms with E-state index in [2.05, 4.69) is 6.58 Å². The molecular formula is C6H10F3NO2. The number of rotatable bonds is 2. The number of carboxylic acid groups (broad SMARTS) is 1. The first-order valence-corrected chi connectivity index (χ1v) is 2.97. The summed E-state index contributed by atoms with van der Waals surface area (Å²) in [5, 5.41) is 7.12. The molecule has 0 spiro atoms. The fourth-order valence-electron chi connectivity index (χ4n) is 0.118. The molecule has 12 heavy (non-hydrogen) atoms. The van der Waals surface area contributed by atoms with E-state index in [1.165, 1.54) is 0 Å². The number of nitrogens with two attached hydrogens (primary N) is 1. The van der Waals surface area contributed by atoms with Crippen molar-refractivity contribution in [1.82, 2.24) is 0 Å². The quantitative estimate of drug-likeness (QED) is 0.634. The van der Waals surface area contributed by atoms with Crippen LogP contribution in [0.25, 0.3) is 0 Å². The van der Waals surface area contributed by atoms with E-state index in [0.29, 0.717) is 0 Å². The van der Waals surface area contributed by atoms with Gasteiger partial charge in [-0.25, -0.2) is 4.79 Å². The number of carboxylic acids is 1. The van der Waals surface area contributed by atoms with E-state index in [0.717, 1.165) is 13.0 Å². The molecule has 3 N–H and O–H groups in total. The van der Waals surface area contributed by atoms with Crippen LogP contribution in [-0.2, 0) is 4.79 Å². The molecule has 0 aromatic carbocycles. The standard InChI is InChI=1S/C4H9N.C2HF3O2/c1-2-3-4-5;3-2(4,5)1(6)7/h2H,1,3-5H2;(H,6,7). The third kappa shape index (κ3) is 11.7. The number of hydrogen-bond acceptors (Lipinski definition) is 2. The van der Waals surface area contributed by atoms with Crippen LogP contribution < -0.4 is 5.73 Å². The highest BCUT2D eigenvalue weighted by Gasteiger charge is 2.38. The van der Waals surface area contributed by atoms with Crippen LogP contribution in [0, 0.1) is 0 Å². The Bertz CT molecular complexity index is 144. The summed E-state index contributed by atoms with van der Waals surface area (Å²) in [6.45, 7) is 4.20. The molecule has 3 nitrogen and oxygen atoms in total. The van der Waals surface area contributed by atoms with Gasteiger partial charge >= 0.3 is 12.1 Å². The van der Waals surface area contributed by atoms with E-state index in [-0.39, 0.29) is 0 Å². The van der Waals surface area contributed by atoms with Gasteiger partial charge < -0.3 is 10.8 Å². The molecule has 0 saturated heterocycles. The Morgan fingerprint density at radius 2 is 1.92 bits per heavy atom. The van der Waals surface area contributed by atoms with Crippen LogP contribution >= 0.6 is 0 Å². The van der Waals surface area contributed by atoms with E-state index in [1.54, 1.807) is 6.08 Å². The van der Waals surface area contributed by atoms with Crippen LogP contribution in [0.1, 0.15) is 6.42 Å². The fourth-order valence-corrected chi connectivity index (χ4v) is 0.118. The van der Waals surface area contributed by atoms with Crippen molar-refractivity contribution >= 4 is 5.97 Å². The van der Waals surface area contributed by atoms with Crippen molar-refractivity contribution in [3.05, 3.63) is 12.7 Å². The maximum Gasteiger partial charge on any atom is 0.490 e. The fraction of sp³-hybridized carbons (Fsp3) is 0.500. The third-order valence-corrected chi connectivity index (χ3v) is 0.613. The van der Waals surface area contributed by atoms with Crippen molar-refractivity contribution in [2.45, 2.75) is 12.6 Å². The molecule has 0 saturated carbocycles. The summed E-state index contributed by atoms with van der Waals surface area (Å²) >= 11 is 0. The molecule has 0 fully saturated rings. The minimum atomic E-state index is -5.08. The predicted molar refractivity (Wildman–Crippen MR) is 37.6 cm³/mol. The Kier molecular flexibility index (Phi) is 7.51. The van der Waals surface area contributed by atoms with Gasteiger partial charge in [-0.15, -0.1) is 6.58 Å². The number of hydrogen-bond donors (Lipinski definition) is 2. The van der Waals surface area contributed by atoms with Gasteiger partial charge in [0.2, 0.25) is 0 Å². The summed E-state index contributed by atoms with van der Waals surface area (Å²) in [6.07, 6.45) is -2.35. The Morgan fingerprint density at radius 3 is 1.92 bits per heavy atom. The van der Waals surface area contributed by atoms with Crippen LogP contribution in [-0.4, -0.2) is 23.8 Å². The molecule has 0 aromatic heterocycles. The van der Waals surface area contributed by atoms with Crippen LogP contribution in [0.15, 0.2) is 12.7 Å². The number of alkyl halides is 3. The lowest BCUT2D eigenvalue weighted by atomic mass is 10.4. The minimum absolute atomic E-state index is 0.726. The molecule has 0 aliphatic rings. The van der Waals surface area contributed by atoms with Crippen molar-refractivity contribution in [3.8, 4) is 0 Å². The molecule has 0 unspecified atom stereocenters. The smallest absolute Gasteiger partial charge is 0.475 e. The highest BCUT2D eigenvalue weighted by atomic mass is 19.4. The van der Waals surface area contributed by atoms with Crippen LogP contribution in [0.3, 0.4) is 0 Å². The summed E-state index contributed by atoms with van der Waals surface area (Å²) in [4.78, 5) is 8.90. The van der Waals surface area contributed by atoms with Gasteiger partial charge in [-0.05, 0) is 13.0 Å². The van der Waals surface area contributed by atoms with Crippen LogP contribution in [0.4, 0.5) is 13.2 Å². The SMILES string of the molecule is C=CCCN.O=C(O)C(F)(F)F. The van der Waals surface area contributed by atoms with Gasteiger partial charge in [0, 0.05) is 0 Å². The minimum Gasteiger partial charge on any atom is -0.475 e. The maximum absolute atomic E-state index is 10.6. The first-order valence-electron chi connectivity index (χ1n) is 2.97. The summed E-state index contributed by atoms with van der Waals surface area (Å²) < 4.78 is 31.7. The largest absolute Gasteiger partial charge is 0.490 e. The van der Waals surface area contributed by atoms with Crippen molar-refractivity contribution in [1.29, 1.82) is 0 Å². The summed E-state index contributed by atoms with van der Waals surface area (Å²) in [5.74, 6) is -2.76. The average Bonchev–Trinajstić information content (AvgIpc) is 1.88. The maximum atomic E-state index is 10.6. The molecule has 0 radical (unpaired) electrons. The molecule has 0 rings (SSSR count). The first-order chi connectivity index (χ1) is 5.36. The van der Waals surface area contributed by atoms with E-state index in [1.807, 2.05) is 0 Å². The van der Waals surface area contributed by atoms with Gasteiger partial charge in [-0.1, -0.05) is 6.08 Å². The van der Waals surface area contributed by atoms with Crippen molar-refractivity contribution in [3.63, 3.8) is 0 Å². The number of aliphatic carboxylic acids is 1. The molecule has 0 aromatic rings. The van der Waals surface area contributed by atoms with Crippen molar-refractivity contribution < 1.29 is 23.1 Å². The van der Waals surface area contributed by atoms with E-state index >= 15 is 0 Å². The van der Waals surface area contributed by atoms with Gasteiger partial charge in [0.15, 0.2) is 0 Å². The Labute approximate surface area is 67.7 Å². The lowest BCUT2D eigenvalue weighted by Gasteiger charge is -1.93. The van der Waals surface area contributed by atoms with Gasteiger partial charge in [-0.2, -0.15) is 13.2 Å². The zero-order chi connectivity index (χ0) is 10.2. The predicted octanol–water partition coefficient (Wildman–Crippen LogP) is 1.15. The van der Waals surface area contributed by atoms with Crippen molar-refractivity contribution in [2.75, 3.05) is 6.54 Å². The van der Waals surface area contributed by atoms with E-state index in [4.69, 9.17) is 15.6 Å². The molecule has 6 heteroatoms. The highest BCUT2D eigenvalue weighted by Crippen LogP contribution is 2.13. The lowest BCUT2D eigenvalue weighted by molar-refractivity contribution is -0.192. The summed E-state index contributed by atoms with van der Waals surface area (Å²) in [7, 11) is 0. The molecule has 0 bridgehead atoms. The van der Waals surface area contributed by atoms with E-state index < -0.39 is 12.1 Å². The summed E-state index contributed by atoms with van der Waals surface area (Å²) in [6, 6.07) is 0. The van der Waals surface area contributed by atoms with E-state index in [9.17, 15) is 13.2 Å². The summed E-state index contributed by atoms with van der Waals surface area (Å²) in [5.41, 5.74) is 5.07. The lowest BCUT2D eigenvalue weighted by Crippen LogP contribution is -2.21. The third-order valence-electron chi connectivity index (χ3n) is 0.613. The Balaban J connectivity index is 0. The second-order valence-corrected chi connectivity index (χ2v) is 1.67. The number of halogens is 3. The normalized spacial score (nSPS) is 9.67. The average molecular weight is 185 g/mol. The molecule has 0 atom stereocenters. The van der Waals surface area contributed by atoms with Crippen LogP contribution in [0.5, 0.6) is 0 Å².